The average Bonchev–Trinajstić information content (AvgIpc) is 2.38. The second-order valence-electron chi connectivity index (χ2n) is 4.73. The number of benzene rings is 1. The van der Waals surface area contributed by atoms with Crippen molar-refractivity contribution in [3.05, 3.63) is 34.1 Å². The molecule has 0 N–H and O–H groups in total. The molecule has 1 saturated heterocycles. The Hall–Kier alpha value is -1.65. The Kier molecular flexibility index (Phi) is 3.79. The summed E-state index contributed by atoms with van der Waals surface area (Å²) < 4.78 is 13.3. The van der Waals surface area contributed by atoms with Gasteiger partial charge in [0.15, 0.2) is 0 Å². The molecule has 0 radical (unpaired) electrons. The summed E-state index contributed by atoms with van der Waals surface area (Å²) in [5.41, 5.74) is 0.404. The molecule has 0 spiro atoms. The molecule has 1 aromatic carbocycles. The molecular formula is C13H17FN2O2. The van der Waals surface area contributed by atoms with Crippen molar-refractivity contribution in [2.75, 3.05) is 18.0 Å². The van der Waals surface area contributed by atoms with E-state index in [0.717, 1.165) is 38.4 Å². The predicted octanol–water partition coefficient (Wildman–Crippen LogP) is 3.36. The van der Waals surface area contributed by atoms with Gasteiger partial charge in [-0.2, -0.15) is 0 Å². The highest BCUT2D eigenvalue weighted by atomic mass is 19.1. The van der Waals surface area contributed by atoms with Crippen LogP contribution in [-0.2, 0) is 0 Å². The molecule has 0 unspecified atom stereocenters. The number of nitro benzene ring substituents is 1. The first-order valence-corrected chi connectivity index (χ1v) is 6.30. The Balaban J connectivity index is 2.22. The number of hydrogen-bond donors (Lipinski definition) is 0. The SMILES string of the molecule is CCC1CCN(c2cc(F)ccc2[N+](=O)[O-])CC1. The van der Waals surface area contributed by atoms with Crippen LogP contribution in [0.25, 0.3) is 0 Å². The molecule has 0 aliphatic carbocycles. The van der Waals surface area contributed by atoms with Crippen molar-refractivity contribution in [3.63, 3.8) is 0 Å². The van der Waals surface area contributed by atoms with Crippen LogP contribution in [-0.4, -0.2) is 18.0 Å². The van der Waals surface area contributed by atoms with Crippen LogP contribution in [0.1, 0.15) is 26.2 Å². The lowest BCUT2D eigenvalue weighted by Crippen LogP contribution is -2.33. The summed E-state index contributed by atoms with van der Waals surface area (Å²) in [7, 11) is 0. The van der Waals surface area contributed by atoms with Crippen LogP contribution in [0.3, 0.4) is 0 Å². The molecule has 0 bridgehead atoms. The molecule has 0 aromatic heterocycles. The standard InChI is InChI=1S/C13H17FN2O2/c1-2-10-5-7-15(8-6-10)13-9-11(14)3-4-12(13)16(17)18/h3-4,9-10H,2,5-8H2,1H3. The molecule has 1 aliphatic heterocycles. The van der Waals surface area contributed by atoms with E-state index >= 15 is 0 Å². The summed E-state index contributed by atoms with van der Waals surface area (Å²) in [5, 5.41) is 11.0. The van der Waals surface area contributed by atoms with Crippen molar-refractivity contribution in [2.24, 2.45) is 5.92 Å². The molecule has 0 amide bonds. The fourth-order valence-electron chi connectivity index (χ4n) is 2.49. The van der Waals surface area contributed by atoms with Crippen LogP contribution >= 0.6 is 0 Å². The topological polar surface area (TPSA) is 46.4 Å². The Bertz CT molecular complexity index is 443. The number of piperidine rings is 1. The highest BCUT2D eigenvalue weighted by Gasteiger charge is 2.24. The zero-order chi connectivity index (χ0) is 13.1. The molecule has 5 heteroatoms. The van der Waals surface area contributed by atoms with E-state index in [-0.39, 0.29) is 5.69 Å². The Labute approximate surface area is 106 Å². The second kappa shape index (κ2) is 5.33. The van der Waals surface area contributed by atoms with Gasteiger partial charge >= 0.3 is 0 Å². The first kappa shape index (κ1) is 12.8. The minimum absolute atomic E-state index is 0.00801. The second-order valence-corrected chi connectivity index (χ2v) is 4.73. The molecule has 1 heterocycles. The maximum absolute atomic E-state index is 13.3. The molecular weight excluding hydrogens is 235 g/mol. The van der Waals surface area contributed by atoms with Gasteiger partial charge < -0.3 is 4.90 Å². The van der Waals surface area contributed by atoms with Crippen molar-refractivity contribution in [1.29, 1.82) is 0 Å². The van der Waals surface area contributed by atoms with E-state index in [2.05, 4.69) is 6.92 Å². The van der Waals surface area contributed by atoms with E-state index < -0.39 is 10.7 Å². The average molecular weight is 252 g/mol. The predicted molar refractivity (Wildman–Crippen MR) is 68.3 cm³/mol. The molecule has 2 rings (SSSR count). The van der Waals surface area contributed by atoms with Crippen LogP contribution < -0.4 is 4.90 Å². The lowest BCUT2D eigenvalue weighted by Gasteiger charge is -2.32. The summed E-state index contributed by atoms with van der Waals surface area (Å²) in [4.78, 5) is 12.4. The van der Waals surface area contributed by atoms with Crippen molar-refractivity contribution >= 4 is 11.4 Å². The molecule has 18 heavy (non-hydrogen) atoms. The fourth-order valence-corrected chi connectivity index (χ4v) is 2.49. The number of rotatable bonds is 3. The van der Waals surface area contributed by atoms with Crippen molar-refractivity contribution in [1.82, 2.24) is 0 Å². The molecule has 1 aromatic rings. The largest absolute Gasteiger partial charge is 0.366 e. The third kappa shape index (κ3) is 2.60. The Morgan fingerprint density at radius 1 is 1.44 bits per heavy atom. The number of hydrogen-bond acceptors (Lipinski definition) is 3. The molecule has 0 saturated carbocycles. The number of nitro groups is 1. The van der Waals surface area contributed by atoms with Gasteiger partial charge in [-0.15, -0.1) is 0 Å². The van der Waals surface area contributed by atoms with Crippen LogP contribution in [0.15, 0.2) is 18.2 Å². The van der Waals surface area contributed by atoms with E-state index in [0.29, 0.717) is 11.6 Å². The fraction of sp³-hybridized carbons (Fsp3) is 0.538. The maximum atomic E-state index is 13.3. The Morgan fingerprint density at radius 2 is 2.11 bits per heavy atom. The smallest absolute Gasteiger partial charge is 0.292 e. The van der Waals surface area contributed by atoms with E-state index in [1.165, 1.54) is 12.1 Å². The molecule has 0 atom stereocenters. The minimum Gasteiger partial charge on any atom is -0.366 e. The summed E-state index contributed by atoms with van der Waals surface area (Å²) in [6, 6.07) is 3.65. The van der Waals surface area contributed by atoms with Crippen molar-refractivity contribution in [2.45, 2.75) is 26.2 Å². The minimum atomic E-state index is -0.444. The zero-order valence-corrected chi connectivity index (χ0v) is 10.4. The normalized spacial score (nSPS) is 16.9. The summed E-state index contributed by atoms with van der Waals surface area (Å²) >= 11 is 0. The van der Waals surface area contributed by atoms with Gasteiger partial charge in [-0.1, -0.05) is 13.3 Å². The van der Waals surface area contributed by atoms with E-state index in [1.807, 2.05) is 4.90 Å². The number of halogens is 1. The van der Waals surface area contributed by atoms with Gasteiger partial charge in [0, 0.05) is 25.2 Å². The molecule has 98 valence electrons. The van der Waals surface area contributed by atoms with Crippen LogP contribution in [0, 0.1) is 21.8 Å². The number of anilines is 1. The molecule has 4 nitrogen and oxygen atoms in total. The summed E-state index contributed by atoms with van der Waals surface area (Å²) in [6.07, 6.45) is 3.17. The van der Waals surface area contributed by atoms with Gasteiger partial charge in [0.25, 0.3) is 5.69 Å². The molecule has 1 aliphatic rings. The van der Waals surface area contributed by atoms with E-state index in [9.17, 15) is 14.5 Å². The highest BCUT2D eigenvalue weighted by molar-refractivity contribution is 5.63. The van der Waals surface area contributed by atoms with Gasteiger partial charge in [-0.05, 0) is 24.8 Å². The highest BCUT2D eigenvalue weighted by Crippen LogP contribution is 2.32. The first-order valence-electron chi connectivity index (χ1n) is 6.30. The van der Waals surface area contributed by atoms with Gasteiger partial charge in [0.1, 0.15) is 11.5 Å². The van der Waals surface area contributed by atoms with E-state index in [1.54, 1.807) is 0 Å². The van der Waals surface area contributed by atoms with E-state index in [4.69, 9.17) is 0 Å². The maximum Gasteiger partial charge on any atom is 0.292 e. The van der Waals surface area contributed by atoms with Crippen LogP contribution in [0.2, 0.25) is 0 Å². The lowest BCUT2D eigenvalue weighted by molar-refractivity contribution is -0.384. The zero-order valence-electron chi connectivity index (χ0n) is 10.4. The van der Waals surface area contributed by atoms with Crippen LogP contribution in [0.5, 0.6) is 0 Å². The lowest BCUT2D eigenvalue weighted by atomic mass is 9.94. The third-order valence-corrected chi connectivity index (χ3v) is 3.67. The summed E-state index contributed by atoms with van der Waals surface area (Å²) in [5.74, 6) is 0.266. The number of nitrogens with zero attached hydrogens (tertiary/aromatic N) is 2. The van der Waals surface area contributed by atoms with Crippen LogP contribution in [0.4, 0.5) is 15.8 Å². The van der Waals surface area contributed by atoms with Gasteiger partial charge in [-0.3, -0.25) is 10.1 Å². The monoisotopic (exact) mass is 252 g/mol. The van der Waals surface area contributed by atoms with Gasteiger partial charge in [0.2, 0.25) is 0 Å². The van der Waals surface area contributed by atoms with Gasteiger partial charge in [0.05, 0.1) is 4.92 Å². The quantitative estimate of drug-likeness (QED) is 0.612. The first-order chi connectivity index (χ1) is 8.61. The molecule has 1 fully saturated rings. The van der Waals surface area contributed by atoms with Crippen molar-refractivity contribution < 1.29 is 9.31 Å². The summed E-state index contributed by atoms with van der Waals surface area (Å²) in [6.45, 7) is 3.69. The van der Waals surface area contributed by atoms with Crippen molar-refractivity contribution in [3.8, 4) is 0 Å². The van der Waals surface area contributed by atoms with Gasteiger partial charge in [-0.25, -0.2) is 4.39 Å². The Morgan fingerprint density at radius 3 is 2.67 bits per heavy atom. The third-order valence-electron chi connectivity index (χ3n) is 3.67.